The number of pyridine rings is 1. The van der Waals surface area contributed by atoms with Gasteiger partial charge in [-0.25, -0.2) is 9.67 Å². The first-order valence-electron chi connectivity index (χ1n) is 4.32. The standard InChI is InChI=1S/C9H11N5/c1-14-9(12-8(6-10)13-14)7-4-2-3-5-11-7/h2-5H,6,10H2,1H3. The minimum absolute atomic E-state index is 0.348. The summed E-state index contributed by atoms with van der Waals surface area (Å²) in [5, 5.41) is 4.15. The van der Waals surface area contributed by atoms with E-state index in [1.165, 1.54) is 0 Å². The topological polar surface area (TPSA) is 69.6 Å². The number of aryl methyl sites for hydroxylation is 1. The molecule has 5 nitrogen and oxygen atoms in total. The van der Waals surface area contributed by atoms with Crippen molar-refractivity contribution in [1.29, 1.82) is 0 Å². The van der Waals surface area contributed by atoms with Crippen LogP contribution in [0.4, 0.5) is 0 Å². The van der Waals surface area contributed by atoms with Gasteiger partial charge in [0.25, 0.3) is 0 Å². The molecular weight excluding hydrogens is 178 g/mol. The highest BCUT2D eigenvalue weighted by Crippen LogP contribution is 2.12. The largest absolute Gasteiger partial charge is 0.324 e. The molecule has 2 rings (SSSR count). The second-order valence-electron chi connectivity index (χ2n) is 2.89. The third kappa shape index (κ3) is 1.49. The van der Waals surface area contributed by atoms with E-state index in [1.54, 1.807) is 10.9 Å². The molecule has 0 saturated heterocycles. The molecule has 0 amide bonds. The van der Waals surface area contributed by atoms with Crippen LogP contribution in [0.2, 0.25) is 0 Å². The van der Waals surface area contributed by atoms with Gasteiger partial charge in [0.1, 0.15) is 5.69 Å². The van der Waals surface area contributed by atoms with E-state index in [0.717, 1.165) is 11.5 Å². The lowest BCUT2D eigenvalue weighted by molar-refractivity contribution is 0.747. The number of hydrogen-bond donors (Lipinski definition) is 1. The highest BCUT2D eigenvalue weighted by Gasteiger charge is 2.08. The summed E-state index contributed by atoms with van der Waals surface area (Å²) in [4.78, 5) is 8.46. The molecule has 0 aromatic carbocycles. The van der Waals surface area contributed by atoms with Crippen molar-refractivity contribution < 1.29 is 0 Å². The first-order chi connectivity index (χ1) is 6.81. The predicted molar refractivity (Wildman–Crippen MR) is 52.1 cm³/mol. The number of nitrogens with two attached hydrogens (primary N) is 1. The van der Waals surface area contributed by atoms with Crippen molar-refractivity contribution in [2.75, 3.05) is 0 Å². The van der Waals surface area contributed by atoms with E-state index in [4.69, 9.17) is 5.73 Å². The normalized spacial score (nSPS) is 10.4. The fourth-order valence-corrected chi connectivity index (χ4v) is 1.24. The second kappa shape index (κ2) is 3.55. The molecule has 2 N–H and O–H groups in total. The van der Waals surface area contributed by atoms with Crippen LogP contribution in [-0.2, 0) is 13.6 Å². The molecule has 0 bridgehead atoms. The maximum atomic E-state index is 5.45. The Hall–Kier alpha value is -1.75. The van der Waals surface area contributed by atoms with Crippen molar-refractivity contribution in [3.63, 3.8) is 0 Å². The van der Waals surface area contributed by atoms with Crippen molar-refractivity contribution in [2.45, 2.75) is 6.54 Å². The smallest absolute Gasteiger partial charge is 0.176 e. The third-order valence-electron chi connectivity index (χ3n) is 1.88. The van der Waals surface area contributed by atoms with E-state index in [9.17, 15) is 0 Å². The van der Waals surface area contributed by atoms with Gasteiger partial charge in [-0.2, -0.15) is 5.10 Å². The molecule has 2 aromatic heterocycles. The molecule has 0 spiro atoms. The van der Waals surface area contributed by atoms with Crippen molar-refractivity contribution in [1.82, 2.24) is 19.7 Å². The molecule has 2 aromatic rings. The van der Waals surface area contributed by atoms with Gasteiger partial charge in [0.05, 0.1) is 6.54 Å². The Kier molecular flexibility index (Phi) is 2.24. The van der Waals surface area contributed by atoms with E-state index in [-0.39, 0.29) is 0 Å². The van der Waals surface area contributed by atoms with Crippen LogP contribution < -0.4 is 5.73 Å². The van der Waals surface area contributed by atoms with E-state index >= 15 is 0 Å². The first-order valence-corrected chi connectivity index (χ1v) is 4.32. The lowest BCUT2D eigenvalue weighted by atomic mass is 10.3. The molecule has 0 saturated carbocycles. The Balaban J connectivity index is 2.46. The van der Waals surface area contributed by atoms with Gasteiger partial charge in [-0.3, -0.25) is 4.98 Å². The van der Waals surface area contributed by atoms with Gasteiger partial charge < -0.3 is 5.73 Å². The first kappa shape index (κ1) is 8.83. The van der Waals surface area contributed by atoms with Crippen LogP contribution in [0.5, 0.6) is 0 Å². The summed E-state index contributed by atoms with van der Waals surface area (Å²) in [6.45, 7) is 0.348. The summed E-state index contributed by atoms with van der Waals surface area (Å²) in [5.74, 6) is 1.37. The molecule has 5 heteroatoms. The van der Waals surface area contributed by atoms with Crippen LogP contribution in [0.25, 0.3) is 11.5 Å². The van der Waals surface area contributed by atoms with Gasteiger partial charge in [0, 0.05) is 13.2 Å². The minimum atomic E-state index is 0.348. The van der Waals surface area contributed by atoms with Crippen LogP contribution >= 0.6 is 0 Å². The summed E-state index contributed by atoms with van der Waals surface area (Å²) in [5.41, 5.74) is 6.26. The van der Waals surface area contributed by atoms with E-state index in [2.05, 4.69) is 15.1 Å². The monoisotopic (exact) mass is 189 g/mol. The van der Waals surface area contributed by atoms with Crippen LogP contribution in [-0.4, -0.2) is 19.7 Å². The Bertz CT molecular complexity index is 420. The maximum Gasteiger partial charge on any atom is 0.176 e. The highest BCUT2D eigenvalue weighted by atomic mass is 15.3. The average Bonchev–Trinajstić information content (AvgIpc) is 2.61. The van der Waals surface area contributed by atoms with E-state index in [1.807, 2.05) is 25.2 Å². The van der Waals surface area contributed by atoms with E-state index < -0.39 is 0 Å². The molecule has 0 fully saturated rings. The summed E-state index contributed by atoms with van der Waals surface area (Å²) in [6, 6.07) is 5.67. The zero-order valence-electron chi connectivity index (χ0n) is 7.88. The maximum absolute atomic E-state index is 5.45. The van der Waals surface area contributed by atoms with Gasteiger partial charge >= 0.3 is 0 Å². The molecule has 72 valence electrons. The molecule has 14 heavy (non-hydrogen) atoms. The quantitative estimate of drug-likeness (QED) is 0.739. The Labute approximate surface area is 81.6 Å². The molecule has 0 aliphatic heterocycles. The lowest BCUT2D eigenvalue weighted by Gasteiger charge is -1.96. The number of aromatic nitrogens is 4. The van der Waals surface area contributed by atoms with Gasteiger partial charge in [-0.05, 0) is 12.1 Å². The Morgan fingerprint density at radius 2 is 2.29 bits per heavy atom. The van der Waals surface area contributed by atoms with Crippen molar-refractivity contribution in [3.05, 3.63) is 30.2 Å². The fraction of sp³-hybridized carbons (Fsp3) is 0.222. The summed E-state index contributed by atoms with van der Waals surface area (Å²) >= 11 is 0. The zero-order valence-corrected chi connectivity index (χ0v) is 7.88. The molecule has 0 atom stereocenters. The van der Waals surface area contributed by atoms with Crippen LogP contribution in [0.1, 0.15) is 5.82 Å². The van der Waals surface area contributed by atoms with Gasteiger partial charge in [-0.15, -0.1) is 0 Å². The second-order valence-corrected chi connectivity index (χ2v) is 2.89. The molecule has 0 radical (unpaired) electrons. The van der Waals surface area contributed by atoms with Crippen molar-refractivity contribution in [3.8, 4) is 11.5 Å². The number of nitrogens with zero attached hydrogens (tertiary/aromatic N) is 4. The predicted octanol–water partition coefficient (Wildman–Crippen LogP) is 0.336. The Morgan fingerprint density at radius 3 is 2.86 bits per heavy atom. The summed E-state index contributed by atoms with van der Waals surface area (Å²) < 4.78 is 1.69. The van der Waals surface area contributed by atoms with Crippen molar-refractivity contribution in [2.24, 2.45) is 12.8 Å². The molecular formula is C9H11N5. The minimum Gasteiger partial charge on any atom is -0.324 e. The molecule has 0 aliphatic rings. The summed E-state index contributed by atoms with van der Waals surface area (Å²) in [7, 11) is 1.83. The zero-order chi connectivity index (χ0) is 9.97. The summed E-state index contributed by atoms with van der Waals surface area (Å²) in [6.07, 6.45) is 1.73. The third-order valence-corrected chi connectivity index (χ3v) is 1.88. The number of rotatable bonds is 2. The van der Waals surface area contributed by atoms with Gasteiger partial charge in [0.2, 0.25) is 0 Å². The molecule has 0 aliphatic carbocycles. The average molecular weight is 189 g/mol. The number of hydrogen-bond acceptors (Lipinski definition) is 4. The van der Waals surface area contributed by atoms with Crippen LogP contribution in [0.3, 0.4) is 0 Å². The van der Waals surface area contributed by atoms with Crippen molar-refractivity contribution >= 4 is 0 Å². The van der Waals surface area contributed by atoms with Gasteiger partial charge in [0.15, 0.2) is 11.6 Å². The highest BCUT2D eigenvalue weighted by molar-refractivity contribution is 5.48. The SMILES string of the molecule is Cn1nc(CN)nc1-c1ccccn1. The van der Waals surface area contributed by atoms with Crippen LogP contribution in [0.15, 0.2) is 24.4 Å². The van der Waals surface area contributed by atoms with E-state index in [0.29, 0.717) is 12.4 Å². The molecule has 0 unspecified atom stereocenters. The molecule has 2 heterocycles. The lowest BCUT2D eigenvalue weighted by Crippen LogP contribution is -1.99. The van der Waals surface area contributed by atoms with Gasteiger partial charge in [-0.1, -0.05) is 6.07 Å². The Morgan fingerprint density at radius 1 is 1.43 bits per heavy atom. The van der Waals surface area contributed by atoms with Crippen LogP contribution in [0, 0.1) is 0 Å². The fourth-order valence-electron chi connectivity index (χ4n) is 1.24.